The zero-order chi connectivity index (χ0) is 16.2. The van der Waals surface area contributed by atoms with E-state index in [0.717, 1.165) is 12.8 Å². The van der Waals surface area contributed by atoms with Crippen molar-refractivity contribution in [2.75, 3.05) is 23.8 Å². The molecular weight excluding hydrogens is 290 g/mol. The number of aliphatic hydroxyl groups excluding tert-OH is 1. The molecule has 0 aliphatic carbocycles. The Morgan fingerprint density at radius 2 is 1.86 bits per heavy atom. The highest BCUT2D eigenvalue weighted by molar-refractivity contribution is 7.89. The fraction of sp³-hybridized carbons (Fsp3) is 0.571. The van der Waals surface area contributed by atoms with Gasteiger partial charge in [-0.1, -0.05) is 13.8 Å². The second-order valence-electron chi connectivity index (χ2n) is 5.10. The predicted octanol–water partition coefficient (Wildman–Crippen LogP) is 1.21. The van der Waals surface area contributed by atoms with Gasteiger partial charge >= 0.3 is 0 Å². The molecule has 120 valence electrons. The Morgan fingerprint density at radius 3 is 2.29 bits per heavy atom. The van der Waals surface area contributed by atoms with E-state index in [1.165, 1.54) is 6.07 Å². The molecule has 0 radical (unpaired) electrons. The number of hydrogen-bond acceptors (Lipinski definition) is 5. The van der Waals surface area contributed by atoms with Crippen LogP contribution in [-0.4, -0.2) is 32.7 Å². The molecule has 1 aromatic carbocycles. The van der Waals surface area contributed by atoms with Gasteiger partial charge in [0.15, 0.2) is 0 Å². The summed E-state index contributed by atoms with van der Waals surface area (Å²) < 4.78 is 23.4. The van der Waals surface area contributed by atoms with Crippen LogP contribution in [0.4, 0.5) is 11.4 Å². The lowest BCUT2D eigenvalue weighted by Crippen LogP contribution is -2.37. The van der Waals surface area contributed by atoms with Gasteiger partial charge in [0.2, 0.25) is 10.0 Å². The number of primary sulfonamides is 1. The average molecular weight is 315 g/mol. The Balaban J connectivity index is 3.48. The van der Waals surface area contributed by atoms with Crippen LogP contribution in [0.3, 0.4) is 0 Å². The second-order valence-corrected chi connectivity index (χ2v) is 6.63. The highest BCUT2D eigenvalue weighted by Crippen LogP contribution is 2.31. The van der Waals surface area contributed by atoms with Crippen molar-refractivity contribution >= 4 is 21.4 Å². The van der Waals surface area contributed by atoms with Crippen LogP contribution in [-0.2, 0) is 10.0 Å². The summed E-state index contributed by atoms with van der Waals surface area (Å²) in [6.07, 6.45) is 1.77. The molecule has 0 aliphatic rings. The van der Waals surface area contributed by atoms with Crippen LogP contribution in [0.1, 0.15) is 32.3 Å². The van der Waals surface area contributed by atoms with Crippen LogP contribution in [0.2, 0.25) is 0 Å². The number of rotatable bonds is 7. The van der Waals surface area contributed by atoms with E-state index in [1.54, 1.807) is 13.0 Å². The molecule has 0 aromatic heterocycles. The van der Waals surface area contributed by atoms with Gasteiger partial charge in [0.25, 0.3) is 0 Å². The summed E-state index contributed by atoms with van der Waals surface area (Å²) in [5.74, 6) is 0. The van der Waals surface area contributed by atoms with Gasteiger partial charge in [-0.05, 0) is 37.5 Å². The first-order valence-corrected chi connectivity index (χ1v) is 8.61. The van der Waals surface area contributed by atoms with Crippen molar-refractivity contribution in [2.45, 2.75) is 44.6 Å². The van der Waals surface area contributed by atoms with Gasteiger partial charge in [-0.3, -0.25) is 0 Å². The summed E-state index contributed by atoms with van der Waals surface area (Å²) in [4.78, 5) is 2.03. The maximum atomic E-state index is 11.7. The highest BCUT2D eigenvalue weighted by atomic mass is 32.2. The molecule has 0 amide bonds. The number of sulfonamides is 1. The second kappa shape index (κ2) is 7.11. The predicted molar refractivity (Wildman–Crippen MR) is 85.8 cm³/mol. The van der Waals surface area contributed by atoms with E-state index in [2.05, 4.69) is 13.8 Å². The number of aliphatic hydroxyl groups is 1. The fourth-order valence-electron chi connectivity index (χ4n) is 2.62. The van der Waals surface area contributed by atoms with E-state index in [0.29, 0.717) is 23.5 Å². The molecule has 0 saturated heterocycles. The molecule has 0 fully saturated rings. The van der Waals surface area contributed by atoms with E-state index in [-0.39, 0.29) is 17.5 Å². The van der Waals surface area contributed by atoms with Crippen molar-refractivity contribution in [3.63, 3.8) is 0 Å². The smallest absolute Gasteiger partial charge is 0.238 e. The minimum absolute atomic E-state index is 0.0184. The quantitative estimate of drug-likeness (QED) is 0.655. The van der Waals surface area contributed by atoms with Gasteiger partial charge in [-0.15, -0.1) is 0 Å². The lowest BCUT2D eigenvalue weighted by molar-refractivity contribution is 0.296. The zero-order valence-corrected chi connectivity index (χ0v) is 13.7. The fourth-order valence-corrected chi connectivity index (χ4v) is 3.46. The van der Waals surface area contributed by atoms with Crippen LogP contribution >= 0.6 is 0 Å². The van der Waals surface area contributed by atoms with Gasteiger partial charge < -0.3 is 15.7 Å². The normalized spacial score (nSPS) is 11.9. The maximum absolute atomic E-state index is 11.7. The molecule has 0 heterocycles. The molecule has 0 atom stereocenters. The van der Waals surface area contributed by atoms with Crippen LogP contribution < -0.4 is 15.8 Å². The molecule has 0 bridgehead atoms. The first-order valence-electron chi connectivity index (χ1n) is 7.06. The number of anilines is 2. The van der Waals surface area contributed by atoms with Crippen molar-refractivity contribution in [3.8, 4) is 0 Å². The molecule has 7 heteroatoms. The van der Waals surface area contributed by atoms with Gasteiger partial charge in [0, 0.05) is 24.0 Å². The van der Waals surface area contributed by atoms with Crippen molar-refractivity contribution in [1.82, 2.24) is 0 Å². The standard InChI is InChI=1S/C14H25N3O3S/c1-4-12(5-2)17(6-7-18)13-8-11(15)9-14(10(13)3)21(16,19)20/h8-9,12,18H,4-7,15H2,1-3H3,(H2,16,19,20). The number of nitrogens with two attached hydrogens (primary N) is 2. The third-order valence-electron chi connectivity index (χ3n) is 3.70. The van der Waals surface area contributed by atoms with Crippen molar-refractivity contribution in [2.24, 2.45) is 5.14 Å². The van der Waals surface area contributed by atoms with Crippen molar-refractivity contribution in [3.05, 3.63) is 17.7 Å². The number of benzene rings is 1. The van der Waals surface area contributed by atoms with E-state index in [1.807, 2.05) is 4.90 Å². The summed E-state index contributed by atoms with van der Waals surface area (Å²) in [6, 6.07) is 3.31. The first kappa shape index (κ1) is 17.7. The van der Waals surface area contributed by atoms with Crippen LogP contribution in [0, 0.1) is 6.92 Å². The highest BCUT2D eigenvalue weighted by Gasteiger charge is 2.22. The van der Waals surface area contributed by atoms with Gasteiger partial charge in [0.05, 0.1) is 11.5 Å². The molecule has 0 aliphatic heterocycles. The van der Waals surface area contributed by atoms with Gasteiger partial charge in [0.1, 0.15) is 0 Å². The monoisotopic (exact) mass is 315 g/mol. The third kappa shape index (κ3) is 4.09. The maximum Gasteiger partial charge on any atom is 0.238 e. The average Bonchev–Trinajstić information content (AvgIpc) is 2.40. The minimum atomic E-state index is -3.84. The number of nitrogen functional groups attached to an aromatic ring is 1. The molecule has 5 N–H and O–H groups in total. The van der Waals surface area contributed by atoms with E-state index >= 15 is 0 Å². The Bertz CT molecular complexity index is 583. The first-order chi connectivity index (χ1) is 9.76. The lowest BCUT2D eigenvalue weighted by Gasteiger charge is -2.34. The zero-order valence-electron chi connectivity index (χ0n) is 12.8. The number of nitrogens with zero attached hydrogens (tertiary/aromatic N) is 1. The van der Waals surface area contributed by atoms with Crippen LogP contribution in [0.5, 0.6) is 0 Å². The Kier molecular flexibility index (Phi) is 6.00. The summed E-state index contributed by atoms with van der Waals surface area (Å²) in [6.45, 7) is 6.22. The molecule has 1 rings (SSSR count). The van der Waals surface area contributed by atoms with Crippen LogP contribution in [0.25, 0.3) is 0 Å². The van der Waals surface area contributed by atoms with Crippen molar-refractivity contribution < 1.29 is 13.5 Å². The van der Waals surface area contributed by atoms with Crippen LogP contribution in [0.15, 0.2) is 17.0 Å². The topological polar surface area (TPSA) is 110 Å². The largest absolute Gasteiger partial charge is 0.399 e. The summed E-state index contributed by atoms with van der Waals surface area (Å²) in [5.41, 5.74) is 7.45. The van der Waals surface area contributed by atoms with E-state index < -0.39 is 10.0 Å². The number of hydrogen-bond donors (Lipinski definition) is 3. The summed E-state index contributed by atoms with van der Waals surface area (Å²) >= 11 is 0. The summed E-state index contributed by atoms with van der Waals surface area (Å²) in [7, 11) is -3.84. The molecular formula is C14H25N3O3S. The molecule has 6 nitrogen and oxygen atoms in total. The molecule has 0 spiro atoms. The lowest BCUT2D eigenvalue weighted by atomic mass is 10.1. The minimum Gasteiger partial charge on any atom is -0.399 e. The van der Waals surface area contributed by atoms with Gasteiger partial charge in [-0.2, -0.15) is 0 Å². The molecule has 0 unspecified atom stereocenters. The van der Waals surface area contributed by atoms with Crippen molar-refractivity contribution in [1.29, 1.82) is 0 Å². The molecule has 0 saturated carbocycles. The van der Waals surface area contributed by atoms with E-state index in [9.17, 15) is 13.5 Å². The SMILES string of the molecule is CCC(CC)N(CCO)c1cc(N)cc(S(N)(=O)=O)c1C. The Labute approximate surface area is 126 Å². The Hall–Kier alpha value is -1.31. The molecule has 1 aromatic rings. The third-order valence-corrected chi connectivity index (χ3v) is 4.73. The van der Waals surface area contributed by atoms with Gasteiger partial charge in [-0.25, -0.2) is 13.6 Å². The summed E-state index contributed by atoms with van der Waals surface area (Å²) in [5, 5.41) is 14.6. The Morgan fingerprint density at radius 1 is 1.29 bits per heavy atom. The molecule has 21 heavy (non-hydrogen) atoms. The van der Waals surface area contributed by atoms with E-state index in [4.69, 9.17) is 10.9 Å².